The predicted octanol–water partition coefficient (Wildman–Crippen LogP) is 6.79. The van der Waals surface area contributed by atoms with Crippen LogP contribution in [0.1, 0.15) is 29.5 Å². The van der Waals surface area contributed by atoms with Gasteiger partial charge in [-0.3, -0.25) is 4.90 Å². The summed E-state index contributed by atoms with van der Waals surface area (Å²) in [6.07, 6.45) is 1.92. The zero-order valence-corrected chi connectivity index (χ0v) is 24.5. The van der Waals surface area contributed by atoms with Gasteiger partial charge in [0.1, 0.15) is 0 Å². The molecule has 6 nitrogen and oxygen atoms in total. The maximum absolute atomic E-state index is 13.6. The standard InChI is InChI=1S/C36H42N4O2/c1-42-25-22-37-26-29-12-16-32(17-13-29)33-18-14-31(15-19-33)28-40(36(41)38-34-10-6-3-7-11-34)35-20-23-39(24-21-35)27-30-8-4-2-5-9-30/h2-19,35,37H,20-28H2,1H3,(H,38,41). The van der Waals surface area contributed by atoms with Gasteiger partial charge in [0.2, 0.25) is 0 Å². The van der Waals surface area contributed by atoms with Gasteiger partial charge < -0.3 is 20.3 Å². The molecule has 6 heteroatoms. The fourth-order valence-corrected chi connectivity index (χ4v) is 5.54. The molecule has 0 spiro atoms. The number of ether oxygens (including phenoxy) is 1. The average molecular weight is 563 g/mol. The molecule has 0 bridgehead atoms. The van der Waals surface area contributed by atoms with Gasteiger partial charge in [0, 0.05) is 58.1 Å². The topological polar surface area (TPSA) is 56.8 Å². The van der Waals surface area contributed by atoms with Gasteiger partial charge in [0.05, 0.1) is 6.61 Å². The summed E-state index contributed by atoms with van der Waals surface area (Å²) in [5, 5.41) is 6.52. The Bertz CT molecular complexity index is 1350. The first kappa shape index (κ1) is 29.5. The summed E-state index contributed by atoms with van der Waals surface area (Å²) in [6, 6.07) is 37.8. The Morgan fingerprint density at radius 3 is 2.00 bits per heavy atom. The molecule has 0 unspecified atom stereocenters. The second-order valence-corrected chi connectivity index (χ2v) is 11.0. The van der Waals surface area contributed by atoms with Crippen LogP contribution < -0.4 is 10.6 Å². The molecule has 42 heavy (non-hydrogen) atoms. The van der Waals surface area contributed by atoms with Crippen molar-refractivity contribution in [2.45, 2.75) is 38.5 Å². The maximum atomic E-state index is 13.6. The average Bonchev–Trinajstić information content (AvgIpc) is 3.04. The number of methoxy groups -OCH3 is 1. The van der Waals surface area contributed by atoms with Crippen LogP contribution in [0.5, 0.6) is 0 Å². The quantitative estimate of drug-likeness (QED) is 0.187. The molecule has 0 aliphatic carbocycles. The number of para-hydroxylation sites is 1. The Balaban J connectivity index is 1.23. The molecule has 4 aromatic rings. The number of nitrogens with one attached hydrogen (secondary N) is 2. The highest BCUT2D eigenvalue weighted by atomic mass is 16.5. The van der Waals surface area contributed by atoms with Crippen LogP contribution in [0.2, 0.25) is 0 Å². The van der Waals surface area contributed by atoms with E-state index in [1.165, 1.54) is 22.3 Å². The molecule has 2 amide bonds. The molecule has 0 atom stereocenters. The third-order valence-electron chi connectivity index (χ3n) is 7.94. The van der Waals surface area contributed by atoms with Crippen molar-refractivity contribution in [3.63, 3.8) is 0 Å². The minimum atomic E-state index is -0.0403. The number of benzene rings is 4. The second-order valence-electron chi connectivity index (χ2n) is 11.0. The lowest BCUT2D eigenvalue weighted by Gasteiger charge is -2.38. The smallest absolute Gasteiger partial charge is 0.322 e. The van der Waals surface area contributed by atoms with Gasteiger partial charge in [0.15, 0.2) is 0 Å². The summed E-state index contributed by atoms with van der Waals surface area (Å²) in [6.45, 7) is 5.87. The van der Waals surface area contributed by atoms with Gasteiger partial charge in [-0.2, -0.15) is 0 Å². The molecule has 0 saturated carbocycles. The number of rotatable bonds is 12. The fourth-order valence-electron chi connectivity index (χ4n) is 5.54. The number of anilines is 1. The van der Waals surface area contributed by atoms with Crippen LogP contribution in [0.15, 0.2) is 109 Å². The first-order valence-corrected chi connectivity index (χ1v) is 14.9. The lowest BCUT2D eigenvalue weighted by Crippen LogP contribution is -2.48. The lowest BCUT2D eigenvalue weighted by atomic mass is 10.00. The Morgan fingerprint density at radius 1 is 0.786 bits per heavy atom. The van der Waals surface area contributed by atoms with E-state index in [1.54, 1.807) is 7.11 Å². The molecule has 218 valence electrons. The number of urea groups is 1. The van der Waals surface area contributed by atoms with E-state index in [-0.39, 0.29) is 12.1 Å². The van der Waals surface area contributed by atoms with Gasteiger partial charge in [-0.15, -0.1) is 0 Å². The SMILES string of the molecule is COCCNCc1ccc(-c2ccc(CN(C(=O)Nc3ccccc3)C3CCN(Cc4ccccc4)CC3)cc2)cc1. The monoisotopic (exact) mass is 562 g/mol. The number of amides is 2. The van der Waals surface area contributed by atoms with Crippen LogP contribution in [0.3, 0.4) is 0 Å². The van der Waals surface area contributed by atoms with Crippen molar-refractivity contribution in [1.82, 2.24) is 15.1 Å². The molecule has 0 aromatic heterocycles. The Hall–Kier alpha value is -3.97. The van der Waals surface area contributed by atoms with E-state index in [4.69, 9.17) is 4.74 Å². The Morgan fingerprint density at radius 2 is 1.38 bits per heavy atom. The third-order valence-corrected chi connectivity index (χ3v) is 7.94. The van der Waals surface area contributed by atoms with Crippen LogP contribution >= 0.6 is 0 Å². The molecule has 1 aliphatic heterocycles. The van der Waals surface area contributed by atoms with E-state index in [9.17, 15) is 4.79 Å². The zero-order valence-electron chi connectivity index (χ0n) is 24.5. The minimum absolute atomic E-state index is 0.0403. The summed E-state index contributed by atoms with van der Waals surface area (Å²) in [4.78, 5) is 18.1. The number of hydrogen-bond donors (Lipinski definition) is 2. The minimum Gasteiger partial charge on any atom is -0.383 e. The highest BCUT2D eigenvalue weighted by Gasteiger charge is 2.28. The van der Waals surface area contributed by atoms with E-state index in [2.05, 4.69) is 94.4 Å². The fraction of sp³-hybridized carbons (Fsp3) is 0.306. The van der Waals surface area contributed by atoms with Crippen LogP contribution in [0.4, 0.5) is 10.5 Å². The van der Waals surface area contributed by atoms with Crippen LogP contribution in [-0.4, -0.2) is 55.2 Å². The van der Waals surface area contributed by atoms with Crippen LogP contribution in [-0.2, 0) is 24.4 Å². The molecule has 5 rings (SSSR count). The van der Waals surface area contributed by atoms with Crippen molar-refractivity contribution in [2.24, 2.45) is 0 Å². The van der Waals surface area contributed by atoms with Crippen molar-refractivity contribution >= 4 is 11.7 Å². The number of carbonyl (C=O) groups is 1. The van der Waals surface area contributed by atoms with E-state index in [1.807, 2.05) is 35.2 Å². The van der Waals surface area contributed by atoms with Gasteiger partial charge in [-0.1, -0.05) is 97.1 Å². The summed E-state index contributed by atoms with van der Waals surface area (Å²) >= 11 is 0. The van der Waals surface area contributed by atoms with Crippen LogP contribution in [0.25, 0.3) is 11.1 Å². The van der Waals surface area contributed by atoms with Gasteiger partial charge in [0.25, 0.3) is 0 Å². The zero-order chi connectivity index (χ0) is 29.0. The molecular formula is C36H42N4O2. The van der Waals surface area contributed by atoms with Crippen molar-refractivity contribution in [3.05, 3.63) is 126 Å². The second kappa shape index (κ2) is 15.3. The molecule has 0 radical (unpaired) electrons. The van der Waals surface area contributed by atoms with Crippen molar-refractivity contribution in [1.29, 1.82) is 0 Å². The summed E-state index contributed by atoms with van der Waals surface area (Å²) < 4.78 is 5.10. The Labute approximate surface area is 250 Å². The number of piperidine rings is 1. The molecule has 2 N–H and O–H groups in total. The largest absolute Gasteiger partial charge is 0.383 e. The summed E-state index contributed by atoms with van der Waals surface area (Å²) in [5.41, 5.74) is 6.90. The van der Waals surface area contributed by atoms with E-state index >= 15 is 0 Å². The first-order chi connectivity index (χ1) is 20.7. The normalized spacial score (nSPS) is 14.0. The summed E-state index contributed by atoms with van der Waals surface area (Å²) in [5.74, 6) is 0. The van der Waals surface area contributed by atoms with Crippen LogP contribution in [0, 0.1) is 0 Å². The van der Waals surface area contributed by atoms with Crippen molar-refractivity contribution in [2.75, 3.05) is 38.7 Å². The van der Waals surface area contributed by atoms with E-state index in [0.717, 1.165) is 56.8 Å². The van der Waals surface area contributed by atoms with E-state index in [0.29, 0.717) is 13.2 Å². The lowest BCUT2D eigenvalue weighted by molar-refractivity contribution is 0.120. The van der Waals surface area contributed by atoms with E-state index < -0.39 is 0 Å². The van der Waals surface area contributed by atoms with Crippen molar-refractivity contribution in [3.8, 4) is 11.1 Å². The van der Waals surface area contributed by atoms with Gasteiger partial charge in [-0.05, 0) is 52.8 Å². The molecule has 1 saturated heterocycles. The maximum Gasteiger partial charge on any atom is 0.322 e. The first-order valence-electron chi connectivity index (χ1n) is 14.9. The third kappa shape index (κ3) is 8.52. The number of nitrogens with zero attached hydrogens (tertiary/aromatic N) is 2. The van der Waals surface area contributed by atoms with Crippen molar-refractivity contribution < 1.29 is 9.53 Å². The molecule has 1 aliphatic rings. The summed E-state index contributed by atoms with van der Waals surface area (Å²) in [7, 11) is 1.72. The highest BCUT2D eigenvalue weighted by molar-refractivity contribution is 5.89. The van der Waals surface area contributed by atoms with Gasteiger partial charge >= 0.3 is 6.03 Å². The molecule has 1 heterocycles. The number of carbonyl (C=O) groups excluding carboxylic acids is 1. The number of likely N-dealkylation sites (tertiary alicyclic amines) is 1. The highest BCUT2D eigenvalue weighted by Crippen LogP contribution is 2.24. The van der Waals surface area contributed by atoms with Gasteiger partial charge in [-0.25, -0.2) is 4.79 Å². The molecule has 1 fully saturated rings. The predicted molar refractivity (Wildman–Crippen MR) is 171 cm³/mol. The number of hydrogen-bond acceptors (Lipinski definition) is 4. The molecule has 4 aromatic carbocycles. The Kier molecular flexibility index (Phi) is 10.8. The molecular weight excluding hydrogens is 520 g/mol.